The van der Waals surface area contributed by atoms with E-state index in [1.54, 1.807) is 7.11 Å². The van der Waals surface area contributed by atoms with Gasteiger partial charge in [0.15, 0.2) is 6.29 Å². The number of hydrogen-bond acceptors (Lipinski definition) is 6. The van der Waals surface area contributed by atoms with Crippen LogP contribution in [0, 0.1) is 0 Å². The molecule has 0 amide bonds. The molecule has 0 spiro atoms. The molecule has 1 aliphatic rings. The monoisotopic (exact) mass is 236 g/mol. The summed E-state index contributed by atoms with van der Waals surface area (Å²) in [4.78, 5) is 0. The van der Waals surface area contributed by atoms with E-state index in [-0.39, 0.29) is 6.61 Å². The Kier molecular flexibility index (Phi) is 5.60. The molecule has 1 aliphatic heterocycles. The van der Waals surface area contributed by atoms with Crippen LogP contribution < -0.4 is 0 Å². The van der Waals surface area contributed by atoms with Crippen LogP contribution in [0.15, 0.2) is 0 Å². The van der Waals surface area contributed by atoms with Gasteiger partial charge in [-0.05, 0) is 0 Å². The van der Waals surface area contributed by atoms with Crippen molar-refractivity contribution in [1.82, 2.24) is 0 Å². The molecule has 1 N–H and O–H groups in total. The van der Waals surface area contributed by atoms with Crippen molar-refractivity contribution in [2.45, 2.75) is 30.7 Å². The number of rotatable bonds is 5. The summed E-state index contributed by atoms with van der Waals surface area (Å²) in [6.07, 6.45) is -2.81. The second-order valence-corrected chi connectivity index (χ2v) is 3.63. The van der Waals surface area contributed by atoms with Gasteiger partial charge in [0.2, 0.25) is 0 Å². The van der Waals surface area contributed by atoms with Crippen molar-refractivity contribution in [2.24, 2.45) is 0 Å². The molecule has 6 nitrogen and oxygen atoms in total. The minimum atomic E-state index is -0.804. The summed E-state index contributed by atoms with van der Waals surface area (Å²) in [5.41, 5.74) is 0. The van der Waals surface area contributed by atoms with Crippen LogP contribution in [-0.2, 0) is 23.7 Å². The first-order valence-electron chi connectivity index (χ1n) is 5.10. The SMILES string of the molecule is COC[C@H]1OC(OC)[C@H](OC)[C@@H](OC)[C@@H]1O. The highest BCUT2D eigenvalue weighted by molar-refractivity contribution is 4.90. The van der Waals surface area contributed by atoms with Crippen molar-refractivity contribution in [3.8, 4) is 0 Å². The number of aliphatic hydroxyl groups excluding tert-OH is 1. The fraction of sp³-hybridized carbons (Fsp3) is 1.00. The van der Waals surface area contributed by atoms with Crippen molar-refractivity contribution in [3.05, 3.63) is 0 Å². The number of aliphatic hydroxyl groups is 1. The van der Waals surface area contributed by atoms with Crippen LogP contribution in [0.25, 0.3) is 0 Å². The van der Waals surface area contributed by atoms with Crippen LogP contribution in [0.1, 0.15) is 0 Å². The van der Waals surface area contributed by atoms with Crippen LogP contribution >= 0.6 is 0 Å². The molecule has 1 saturated heterocycles. The Hall–Kier alpha value is -0.240. The lowest BCUT2D eigenvalue weighted by atomic mass is 9.99. The summed E-state index contributed by atoms with van der Waals surface area (Å²) < 4.78 is 26.1. The molecular formula is C10H20O6. The molecule has 96 valence electrons. The van der Waals surface area contributed by atoms with Gasteiger partial charge < -0.3 is 28.8 Å². The first kappa shape index (κ1) is 13.8. The van der Waals surface area contributed by atoms with E-state index in [0.29, 0.717) is 0 Å². The van der Waals surface area contributed by atoms with Gasteiger partial charge in [-0.25, -0.2) is 0 Å². The van der Waals surface area contributed by atoms with E-state index in [0.717, 1.165) is 0 Å². The minimum Gasteiger partial charge on any atom is -0.387 e. The quantitative estimate of drug-likeness (QED) is 0.687. The average Bonchev–Trinajstić information content (AvgIpc) is 2.31. The van der Waals surface area contributed by atoms with E-state index in [2.05, 4.69) is 0 Å². The van der Waals surface area contributed by atoms with Gasteiger partial charge in [-0.15, -0.1) is 0 Å². The van der Waals surface area contributed by atoms with E-state index in [1.165, 1.54) is 21.3 Å². The van der Waals surface area contributed by atoms with E-state index in [4.69, 9.17) is 23.7 Å². The molecule has 0 bridgehead atoms. The number of hydrogen-bond donors (Lipinski definition) is 1. The zero-order valence-corrected chi connectivity index (χ0v) is 10.1. The molecule has 0 aromatic heterocycles. The molecule has 1 rings (SSSR count). The molecule has 0 saturated carbocycles. The Labute approximate surface area is 95.4 Å². The van der Waals surface area contributed by atoms with Gasteiger partial charge in [0.05, 0.1) is 6.61 Å². The van der Waals surface area contributed by atoms with Gasteiger partial charge in [0.25, 0.3) is 0 Å². The molecule has 6 heteroatoms. The maximum atomic E-state index is 10.0. The Morgan fingerprint density at radius 3 is 2.06 bits per heavy atom. The zero-order chi connectivity index (χ0) is 12.1. The third kappa shape index (κ3) is 2.71. The van der Waals surface area contributed by atoms with E-state index in [1.807, 2.05) is 0 Å². The molecule has 1 unspecified atom stereocenters. The van der Waals surface area contributed by atoms with Crippen molar-refractivity contribution < 1.29 is 28.8 Å². The highest BCUT2D eigenvalue weighted by Crippen LogP contribution is 2.25. The average molecular weight is 236 g/mol. The third-order valence-electron chi connectivity index (χ3n) is 2.73. The fourth-order valence-corrected chi connectivity index (χ4v) is 1.90. The first-order chi connectivity index (χ1) is 7.69. The zero-order valence-electron chi connectivity index (χ0n) is 10.1. The standard InChI is InChI=1S/C10H20O6/c1-12-5-6-7(11)8(13-2)9(14-3)10(15-4)16-6/h6-11H,5H2,1-4H3/t6-,7-,8+,9-,10?/m1/s1. The summed E-state index contributed by atoms with van der Waals surface area (Å²) >= 11 is 0. The molecular weight excluding hydrogens is 216 g/mol. The predicted molar refractivity (Wildman–Crippen MR) is 55.1 cm³/mol. The predicted octanol–water partition coefficient (Wildman–Crippen LogP) is -0.605. The van der Waals surface area contributed by atoms with Crippen molar-refractivity contribution in [2.75, 3.05) is 35.0 Å². The van der Waals surface area contributed by atoms with Gasteiger partial charge >= 0.3 is 0 Å². The largest absolute Gasteiger partial charge is 0.387 e. The highest BCUT2D eigenvalue weighted by atomic mass is 16.7. The molecule has 0 aromatic carbocycles. The summed E-state index contributed by atoms with van der Waals surface area (Å²) in [7, 11) is 6.10. The molecule has 16 heavy (non-hydrogen) atoms. The lowest BCUT2D eigenvalue weighted by Crippen LogP contribution is -2.60. The van der Waals surface area contributed by atoms with Crippen molar-refractivity contribution in [1.29, 1.82) is 0 Å². The van der Waals surface area contributed by atoms with Gasteiger partial charge in [-0.3, -0.25) is 0 Å². The van der Waals surface area contributed by atoms with Crippen LogP contribution in [0.3, 0.4) is 0 Å². The lowest BCUT2D eigenvalue weighted by Gasteiger charge is -2.42. The van der Waals surface area contributed by atoms with Crippen LogP contribution in [0.2, 0.25) is 0 Å². The van der Waals surface area contributed by atoms with Crippen LogP contribution in [-0.4, -0.2) is 70.9 Å². The van der Waals surface area contributed by atoms with Crippen molar-refractivity contribution in [3.63, 3.8) is 0 Å². The van der Waals surface area contributed by atoms with Gasteiger partial charge in [0, 0.05) is 28.4 Å². The van der Waals surface area contributed by atoms with E-state index >= 15 is 0 Å². The Balaban J connectivity index is 2.76. The first-order valence-corrected chi connectivity index (χ1v) is 5.10. The third-order valence-corrected chi connectivity index (χ3v) is 2.73. The maximum Gasteiger partial charge on any atom is 0.186 e. The summed E-state index contributed by atoms with van der Waals surface area (Å²) in [6.45, 7) is 0.275. The summed E-state index contributed by atoms with van der Waals surface area (Å²) in [6, 6.07) is 0. The fourth-order valence-electron chi connectivity index (χ4n) is 1.90. The molecule has 0 aliphatic carbocycles. The Bertz CT molecular complexity index is 200. The smallest absolute Gasteiger partial charge is 0.186 e. The van der Waals surface area contributed by atoms with Gasteiger partial charge in [-0.1, -0.05) is 0 Å². The molecule has 1 heterocycles. The van der Waals surface area contributed by atoms with Crippen LogP contribution in [0.5, 0.6) is 0 Å². The minimum absolute atomic E-state index is 0.275. The number of ether oxygens (including phenoxy) is 5. The molecule has 0 aromatic rings. The molecule has 5 atom stereocenters. The van der Waals surface area contributed by atoms with Gasteiger partial charge in [0.1, 0.15) is 24.4 Å². The molecule has 1 fully saturated rings. The van der Waals surface area contributed by atoms with Crippen LogP contribution in [0.4, 0.5) is 0 Å². The second-order valence-electron chi connectivity index (χ2n) is 3.63. The number of methoxy groups -OCH3 is 4. The van der Waals surface area contributed by atoms with Gasteiger partial charge in [-0.2, -0.15) is 0 Å². The maximum absolute atomic E-state index is 10.0. The Morgan fingerprint density at radius 1 is 1.00 bits per heavy atom. The van der Waals surface area contributed by atoms with E-state index in [9.17, 15) is 5.11 Å². The van der Waals surface area contributed by atoms with E-state index < -0.39 is 30.7 Å². The van der Waals surface area contributed by atoms with Crippen molar-refractivity contribution >= 4 is 0 Å². The summed E-state index contributed by atoms with van der Waals surface area (Å²) in [5, 5.41) is 10.0. The summed E-state index contributed by atoms with van der Waals surface area (Å²) in [5.74, 6) is 0. The Morgan fingerprint density at radius 2 is 1.62 bits per heavy atom. The normalized spacial score (nSPS) is 39.9. The topological polar surface area (TPSA) is 66.4 Å². The lowest BCUT2D eigenvalue weighted by molar-refractivity contribution is -0.303. The second kappa shape index (κ2) is 6.48. The molecule has 0 radical (unpaired) electrons. The highest BCUT2D eigenvalue weighted by Gasteiger charge is 2.46.